The molecule has 3 rings (SSSR count). The van der Waals surface area contributed by atoms with Gasteiger partial charge in [-0.2, -0.15) is 4.98 Å². The van der Waals surface area contributed by atoms with Crippen LogP contribution in [0.2, 0.25) is 0 Å². The molecule has 1 unspecified atom stereocenters. The summed E-state index contributed by atoms with van der Waals surface area (Å²) in [6.07, 6.45) is 0.933. The zero-order chi connectivity index (χ0) is 14.7. The Bertz CT molecular complexity index is 611. The first-order valence-corrected chi connectivity index (χ1v) is 6.96. The average Bonchev–Trinajstić information content (AvgIpc) is 3.09. The first kappa shape index (κ1) is 13.6. The molecule has 2 heterocycles. The van der Waals surface area contributed by atoms with Crippen LogP contribution in [0.25, 0.3) is 0 Å². The molecule has 0 bridgehead atoms. The molecule has 0 spiro atoms. The molecule has 4 N–H and O–H groups in total. The van der Waals surface area contributed by atoms with Crippen LogP contribution in [0.15, 0.2) is 30.3 Å². The molecular formula is C14H18N6O. The summed E-state index contributed by atoms with van der Waals surface area (Å²) in [5.41, 5.74) is 6.68. The second kappa shape index (κ2) is 5.92. The predicted octanol–water partition coefficient (Wildman–Crippen LogP) is 0.391. The van der Waals surface area contributed by atoms with Crippen molar-refractivity contribution in [2.45, 2.75) is 19.0 Å². The van der Waals surface area contributed by atoms with Crippen molar-refractivity contribution in [2.75, 3.05) is 18.8 Å². The van der Waals surface area contributed by atoms with Gasteiger partial charge in [0.15, 0.2) is 0 Å². The fraction of sp³-hybridized carbons (Fsp3) is 0.357. The van der Waals surface area contributed by atoms with Crippen LogP contribution >= 0.6 is 0 Å². The second-order valence-electron chi connectivity index (χ2n) is 5.22. The molecule has 1 aromatic heterocycles. The maximum absolute atomic E-state index is 12.0. The van der Waals surface area contributed by atoms with Gasteiger partial charge >= 0.3 is 0 Å². The lowest BCUT2D eigenvalue weighted by atomic mass is 10.2. The smallest absolute Gasteiger partial charge is 0.288 e. The van der Waals surface area contributed by atoms with Gasteiger partial charge in [-0.1, -0.05) is 30.3 Å². The van der Waals surface area contributed by atoms with Crippen LogP contribution < -0.4 is 11.1 Å². The van der Waals surface area contributed by atoms with E-state index in [1.54, 1.807) is 0 Å². The Morgan fingerprint density at radius 2 is 2.24 bits per heavy atom. The van der Waals surface area contributed by atoms with E-state index in [9.17, 15) is 4.79 Å². The fourth-order valence-electron chi connectivity index (χ4n) is 2.57. The molecule has 0 radical (unpaired) electrons. The summed E-state index contributed by atoms with van der Waals surface area (Å²) in [7, 11) is 0. The Kier molecular flexibility index (Phi) is 3.83. The largest absolute Gasteiger partial charge is 0.366 e. The Morgan fingerprint density at radius 1 is 1.43 bits per heavy atom. The van der Waals surface area contributed by atoms with Gasteiger partial charge in [-0.3, -0.25) is 14.8 Å². The number of hydrogen-bond acceptors (Lipinski definition) is 5. The van der Waals surface area contributed by atoms with Gasteiger partial charge < -0.3 is 11.1 Å². The molecule has 1 aromatic carbocycles. The number of nitrogen functional groups attached to an aromatic ring is 1. The zero-order valence-electron chi connectivity index (χ0n) is 11.6. The van der Waals surface area contributed by atoms with Gasteiger partial charge in [0.25, 0.3) is 5.91 Å². The minimum Gasteiger partial charge on any atom is -0.366 e. The first-order valence-electron chi connectivity index (χ1n) is 6.96. The lowest BCUT2D eigenvalue weighted by Gasteiger charge is -2.16. The van der Waals surface area contributed by atoms with Crippen LogP contribution in [0, 0.1) is 0 Å². The van der Waals surface area contributed by atoms with Crippen LogP contribution in [0.3, 0.4) is 0 Å². The molecular weight excluding hydrogens is 268 g/mol. The van der Waals surface area contributed by atoms with Crippen LogP contribution in [-0.2, 0) is 6.54 Å². The molecule has 1 aliphatic heterocycles. The third kappa shape index (κ3) is 3.38. The normalized spacial score (nSPS) is 18.8. The van der Waals surface area contributed by atoms with Crippen molar-refractivity contribution in [1.29, 1.82) is 0 Å². The summed E-state index contributed by atoms with van der Waals surface area (Å²) in [6, 6.07) is 10.5. The number of hydrogen-bond donors (Lipinski definition) is 3. The van der Waals surface area contributed by atoms with Crippen molar-refractivity contribution < 1.29 is 4.79 Å². The maximum atomic E-state index is 12.0. The molecule has 1 amide bonds. The Hall–Kier alpha value is -2.41. The standard InChI is InChI=1S/C14H18N6O/c15-14-17-12(18-19-14)13(21)16-11-6-7-20(9-11)8-10-4-2-1-3-5-10/h1-5,11H,6-9H2,(H,16,21)(H3,15,17,18,19). The van der Waals surface area contributed by atoms with Crippen LogP contribution in [0.5, 0.6) is 0 Å². The maximum Gasteiger partial charge on any atom is 0.288 e. The van der Waals surface area contributed by atoms with E-state index < -0.39 is 0 Å². The topological polar surface area (TPSA) is 99.9 Å². The Balaban J connectivity index is 1.52. The minimum atomic E-state index is -0.259. The van der Waals surface area contributed by atoms with E-state index in [1.807, 2.05) is 18.2 Å². The highest BCUT2D eigenvalue weighted by molar-refractivity contribution is 5.90. The molecule has 0 aliphatic carbocycles. The number of aromatic amines is 1. The number of nitrogens with one attached hydrogen (secondary N) is 2. The fourth-order valence-corrected chi connectivity index (χ4v) is 2.57. The van der Waals surface area contributed by atoms with Crippen LogP contribution in [0.4, 0.5) is 5.95 Å². The molecule has 1 aliphatic rings. The van der Waals surface area contributed by atoms with E-state index in [0.717, 1.165) is 26.1 Å². The lowest BCUT2D eigenvalue weighted by molar-refractivity contribution is 0.0927. The number of likely N-dealkylation sites (tertiary alicyclic amines) is 1. The van der Waals surface area contributed by atoms with E-state index in [4.69, 9.17) is 5.73 Å². The van der Waals surface area contributed by atoms with Gasteiger partial charge in [0.2, 0.25) is 11.8 Å². The second-order valence-corrected chi connectivity index (χ2v) is 5.22. The SMILES string of the molecule is Nc1n[nH]c(C(=O)NC2CCN(Cc3ccccc3)C2)n1. The summed E-state index contributed by atoms with van der Waals surface area (Å²) in [5, 5.41) is 9.13. The lowest BCUT2D eigenvalue weighted by Crippen LogP contribution is -2.37. The van der Waals surface area contributed by atoms with Gasteiger partial charge in [-0.15, -0.1) is 5.10 Å². The van der Waals surface area contributed by atoms with E-state index in [1.165, 1.54) is 5.56 Å². The Labute approximate surface area is 122 Å². The van der Waals surface area contributed by atoms with Crippen molar-refractivity contribution in [1.82, 2.24) is 25.4 Å². The Morgan fingerprint density at radius 3 is 2.95 bits per heavy atom. The molecule has 7 nitrogen and oxygen atoms in total. The predicted molar refractivity (Wildman–Crippen MR) is 78.4 cm³/mol. The number of H-pyrrole nitrogens is 1. The van der Waals surface area contributed by atoms with Crippen molar-refractivity contribution in [3.63, 3.8) is 0 Å². The number of nitrogens with two attached hydrogens (primary N) is 1. The molecule has 7 heteroatoms. The van der Waals surface area contributed by atoms with Crippen LogP contribution in [0.1, 0.15) is 22.6 Å². The third-order valence-electron chi connectivity index (χ3n) is 3.57. The van der Waals surface area contributed by atoms with E-state index >= 15 is 0 Å². The number of carbonyl (C=O) groups excluding carboxylic acids is 1. The summed E-state index contributed by atoms with van der Waals surface area (Å²) < 4.78 is 0. The van der Waals surface area contributed by atoms with Crippen molar-refractivity contribution in [3.05, 3.63) is 41.7 Å². The summed E-state index contributed by atoms with van der Waals surface area (Å²) in [4.78, 5) is 18.1. The van der Waals surface area contributed by atoms with Crippen LogP contribution in [-0.4, -0.2) is 45.1 Å². The highest BCUT2D eigenvalue weighted by Gasteiger charge is 2.25. The van der Waals surface area contributed by atoms with Gasteiger partial charge in [-0.25, -0.2) is 0 Å². The molecule has 1 saturated heterocycles. The van der Waals surface area contributed by atoms with Gasteiger partial charge in [0, 0.05) is 25.7 Å². The number of nitrogens with zero attached hydrogens (tertiary/aromatic N) is 3. The number of amides is 1. The molecule has 21 heavy (non-hydrogen) atoms. The van der Waals surface area contributed by atoms with E-state index in [-0.39, 0.29) is 23.7 Å². The highest BCUT2D eigenvalue weighted by atomic mass is 16.2. The molecule has 2 aromatic rings. The summed E-state index contributed by atoms with van der Waals surface area (Å²) in [6.45, 7) is 2.71. The highest BCUT2D eigenvalue weighted by Crippen LogP contribution is 2.13. The zero-order valence-corrected chi connectivity index (χ0v) is 11.6. The van der Waals surface area contributed by atoms with Gasteiger partial charge in [0.05, 0.1) is 0 Å². The third-order valence-corrected chi connectivity index (χ3v) is 3.57. The number of anilines is 1. The van der Waals surface area contributed by atoms with Gasteiger partial charge in [0.1, 0.15) is 0 Å². The van der Waals surface area contributed by atoms with Gasteiger partial charge in [-0.05, 0) is 12.0 Å². The quantitative estimate of drug-likeness (QED) is 0.755. The van der Waals surface area contributed by atoms with Crippen molar-refractivity contribution in [2.24, 2.45) is 0 Å². The van der Waals surface area contributed by atoms with E-state index in [0.29, 0.717) is 0 Å². The number of carbonyl (C=O) groups is 1. The molecule has 1 fully saturated rings. The number of rotatable bonds is 4. The molecule has 0 saturated carbocycles. The summed E-state index contributed by atoms with van der Waals surface area (Å²) >= 11 is 0. The number of aromatic nitrogens is 3. The molecule has 1 atom stereocenters. The van der Waals surface area contributed by atoms with Crippen molar-refractivity contribution >= 4 is 11.9 Å². The summed E-state index contributed by atoms with van der Waals surface area (Å²) in [5.74, 6) is -0.0166. The monoisotopic (exact) mass is 286 g/mol. The van der Waals surface area contributed by atoms with E-state index in [2.05, 4.69) is 37.5 Å². The first-order chi connectivity index (χ1) is 10.2. The molecule has 110 valence electrons. The average molecular weight is 286 g/mol. The minimum absolute atomic E-state index is 0.0808. The number of benzene rings is 1. The van der Waals surface area contributed by atoms with Crippen molar-refractivity contribution in [3.8, 4) is 0 Å².